The van der Waals surface area contributed by atoms with Gasteiger partial charge in [-0.2, -0.15) is 0 Å². The average molecular weight is 261 g/mol. The zero-order valence-corrected chi connectivity index (χ0v) is 11.2. The van der Waals surface area contributed by atoms with Gasteiger partial charge >= 0.3 is 5.97 Å². The van der Waals surface area contributed by atoms with E-state index < -0.39 is 11.9 Å². The Morgan fingerprint density at radius 3 is 2.53 bits per heavy atom. The van der Waals surface area contributed by atoms with Crippen molar-refractivity contribution < 1.29 is 14.7 Å². The van der Waals surface area contributed by atoms with Crippen LogP contribution in [0.5, 0.6) is 0 Å². The normalized spacial score (nSPS) is 23.1. The van der Waals surface area contributed by atoms with Crippen LogP contribution in [-0.4, -0.2) is 28.4 Å². The summed E-state index contributed by atoms with van der Waals surface area (Å²) in [6, 6.07) is 9.10. The second-order valence-electron chi connectivity index (χ2n) is 5.44. The fourth-order valence-electron chi connectivity index (χ4n) is 2.68. The Bertz CT molecular complexity index is 470. The van der Waals surface area contributed by atoms with E-state index >= 15 is 0 Å². The maximum absolute atomic E-state index is 12.1. The average Bonchev–Trinajstić information content (AvgIpc) is 2.68. The molecule has 19 heavy (non-hydrogen) atoms. The molecule has 0 aromatic heterocycles. The van der Waals surface area contributed by atoms with E-state index in [4.69, 9.17) is 0 Å². The molecule has 2 atom stereocenters. The Kier molecular flexibility index (Phi) is 3.88. The van der Waals surface area contributed by atoms with Gasteiger partial charge in [-0.3, -0.25) is 9.59 Å². The molecular formula is C15H19NO3. The van der Waals surface area contributed by atoms with Crippen LogP contribution in [0.1, 0.15) is 31.9 Å². The number of amides is 1. The Morgan fingerprint density at radius 1 is 1.37 bits per heavy atom. The summed E-state index contributed by atoms with van der Waals surface area (Å²) >= 11 is 0. The van der Waals surface area contributed by atoms with Gasteiger partial charge in [0, 0.05) is 13.0 Å². The topological polar surface area (TPSA) is 57.6 Å². The molecule has 1 amide bonds. The third-order valence-electron chi connectivity index (χ3n) is 3.45. The minimum absolute atomic E-state index is 0.0602. The lowest BCUT2D eigenvalue weighted by Crippen LogP contribution is -2.33. The first kappa shape index (κ1) is 13.6. The van der Waals surface area contributed by atoms with Crippen LogP contribution in [0, 0.1) is 11.8 Å². The highest BCUT2D eigenvalue weighted by Gasteiger charge is 2.44. The number of benzene rings is 1. The Morgan fingerprint density at radius 2 is 2.00 bits per heavy atom. The molecule has 1 saturated heterocycles. The molecule has 4 heteroatoms. The fourth-order valence-corrected chi connectivity index (χ4v) is 2.68. The predicted molar refractivity (Wildman–Crippen MR) is 71.5 cm³/mol. The highest BCUT2D eigenvalue weighted by molar-refractivity contribution is 5.87. The third kappa shape index (κ3) is 2.78. The molecule has 1 aliphatic rings. The van der Waals surface area contributed by atoms with Crippen LogP contribution in [0.4, 0.5) is 0 Å². The van der Waals surface area contributed by atoms with E-state index in [1.54, 1.807) is 4.90 Å². The van der Waals surface area contributed by atoms with Gasteiger partial charge in [0.15, 0.2) is 0 Å². The van der Waals surface area contributed by atoms with E-state index in [1.807, 2.05) is 44.2 Å². The third-order valence-corrected chi connectivity index (χ3v) is 3.45. The van der Waals surface area contributed by atoms with Gasteiger partial charge in [0.1, 0.15) is 0 Å². The molecule has 1 aromatic rings. The van der Waals surface area contributed by atoms with Crippen LogP contribution in [0.2, 0.25) is 0 Å². The molecule has 0 saturated carbocycles. The summed E-state index contributed by atoms with van der Waals surface area (Å²) in [5, 5.41) is 9.34. The standard InChI is InChI=1S/C15H19NO3/c1-10(2)9-16-13(17)8-12(15(18)19)14(16)11-6-4-3-5-7-11/h3-7,10,12,14H,8-9H2,1-2H3,(H,18,19). The number of hydrogen-bond donors (Lipinski definition) is 1. The van der Waals surface area contributed by atoms with Gasteiger partial charge in [-0.25, -0.2) is 0 Å². The van der Waals surface area contributed by atoms with Crippen molar-refractivity contribution in [2.24, 2.45) is 11.8 Å². The second-order valence-corrected chi connectivity index (χ2v) is 5.44. The molecule has 1 aromatic carbocycles. The molecule has 4 nitrogen and oxygen atoms in total. The molecule has 1 aliphatic heterocycles. The summed E-state index contributed by atoms with van der Waals surface area (Å²) in [7, 11) is 0. The van der Waals surface area contributed by atoms with Crippen molar-refractivity contribution >= 4 is 11.9 Å². The first-order valence-electron chi connectivity index (χ1n) is 6.58. The number of rotatable bonds is 4. The van der Waals surface area contributed by atoms with Crippen LogP contribution in [-0.2, 0) is 9.59 Å². The first-order chi connectivity index (χ1) is 9.00. The maximum Gasteiger partial charge on any atom is 0.309 e. The Hall–Kier alpha value is -1.84. The number of aliphatic carboxylic acids is 1. The Labute approximate surface area is 113 Å². The van der Waals surface area contributed by atoms with Crippen molar-refractivity contribution in [2.45, 2.75) is 26.3 Å². The summed E-state index contributed by atoms with van der Waals surface area (Å²) in [6.45, 7) is 4.66. The highest BCUT2D eigenvalue weighted by atomic mass is 16.4. The van der Waals surface area contributed by atoms with Crippen molar-refractivity contribution in [3.63, 3.8) is 0 Å². The number of likely N-dealkylation sites (tertiary alicyclic amines) is 1. The largest absolute Gasteiger partial charge is 0.481 e. The van der Waals surface area contributed by atoms with Crippen molar-refractivity contribution in [2.75, 3.05) is 6.54 Å². The number of hydrogen-bond acceptors (Lipinski definition) is 2. The van der Waals surface area contributed by atoms with Crippen LogP contribution in [0.25, 0.3) is 0 Å². The van der Waals surface area contributed by atoms with Gasteiger partial charge in [-0.1, -0.05) is 44.2 Å². The monoisotopic (exact) mass is 261 g/mol. The second kappa shape index (κ2) is 5.43. The summed E-state index contributed by atoms with van der Waals surface area (Å²) in [6.07, 6.45) is 0.0988. The minimum Gasteiger partial charge on any atom is -0.481 e. The van der Waals surface area contributed by atoms with E-state index in [-0.39, 0.29) is 18.4 Å². The molecule has 0 spiro atoms. The summed E-state index contributed by atoms with van der Waals surface area (Å²) in [4.78, 5) is 25.2. The van der Waals surface area contributed by atoms with E-state index in [9.17, 15) is 14.7 Å². The fraction of sp³-hybridized carbons (Fsp3) is 0.467. The Balaban J connectivity index is 2.36. The highest BCUT2D eigenvalue weighted by Crippen LogP contribution is 2.38. The van der Waals surface area contributed by atoms with Crippen molar-refractivity contribution in [3.8, 4) is 0 Å². The quantitative estimate of drug-likeness (QED) is 0.905. The van der Waals surface area contributed by atoms with E-state index in [0.29, 0.717) is 12.5 Å². The van der Waals surface area contributed by atoms with Gasteiger partial charge in [0.2, 0.25) is 5.91 Å². The van der Waals surface area contributed by atoms with Crippen LogP contribution >= 0.6 is 0 Å². The molecular weight excluding hydrogens is 242 g/mol. The van der Waals surface area contributed by atoms with Crippen LogP contribution in [0.3, 0.4) is 0 Å². The van der Waals surface area contributed by atoms with Crippen LogP contribution < -0.4 is 0 Å². The van der Waals surface area contributed by atoms with E-state index in [2.05, 4.69) is 0 Å². The number of carbonyl (C=O) groups excluding carboxylic acids is 1. The SMILES string of the molecule is CC(C)CN1C(=O)CC(C(=O)O)C1c1ccccc1. The summed E-state index contributed by atoms with van der Waals surface area (Å²) in [5.74, 6) is -1.28. The zero-order valence-electron chi connectivity index (χ0n) is 11.2. The molecule has 0 radical (unpaired) electrons. The molecule has 0 aliphatic carbocycles. The van der Waals surface area contributed by atoms with Crippen molar-refractivity contribution in [3.05, 3.63) is 35.9 Å². The van der Waals surface area contributed by atoms with Crippen LogP contribution in [0.15, 0.2) is 30.3 Å². The summed E-state index contributed by atoms with van der Waals surface area (Å²) in [5.41, 5.74) is 0.904. The number of carboxylic acids is 1. The van der Waals surface area contributed by atoms with Crippen molar-refractivity contribution in [1.82, 2.24) is 4.90 Å². The van der Waals surface area contributed by atoms with E-state index in [0.717, 1.165) is 5.56 Å². The van der Waals surface area contributed by atoms with E-state index in [1.165, 1.54) is 0 Å². The lowest BCUT2D eigenvalue weighted by atomic mass is 9.93. The molecule has 2 rings (SSSR count). The summed E-state index contributed by atoms with van der Waals surface area (Å²) < 4.78 is 0. The smallest absolute Gasteiger partial charge is 0.309 e. The van der Waals surface area contributed by atoms with Gasteiger partial charge in [0.25, 0.3) is 0 Å². The molecule has 1 fully saturated rings. The molecule has 0 bridgehead atoms. The molecule has 2 unspecified atom stereocenters. The van der Waals surface area contributed by atoms with Gasteiger partial charge < -0.3 is 10.0 Å². The zero-order chi connectivity index (χ0) is 14.0. The molecule has 1 heterocycles. The van der Waals surface area contributed by atoms with Crippen molar-refractivity contribution in [1.29, 1.82) is 0 Å². The van der Waals surface area contributed by atoms with Gasteiger partial charge in [0.05, 0.1) is 12.0 Å². The van der Waals surface area contributed by atoms with Gasteiger partial charge in [-0.15, -0.1) is 0 Å². The number of carboxylic acid groups (broad SMARTS) is 1. The molecule has 102 valence electrons. The minimum atomic E-state index is -0.895. The van der Waals surface area contributed by atoms with Gasteiger partial charge in [-0.05, 0) is 11.5 Å². The maximum atomic E-state index is 12.1. The molecule has 1 N–H and O–H groups in total. The predicted octanol–water partition coefficient (Wildman–Crippen LogP) is 2.32. The first-order valence-corrected chi connectivity index (χ1v) is 6.58. The number of carbonyl (C=O) groups is 2. The lowest BCUT2D eigenvalue weighted by molar-refractivity contribution is -0.142. The number of nitrogens with zero attached hydrogens (tertiary/aromatic N) is 1. The lowest BCUT2D eigenvalue weighted by Gasteiger charge is -2.28.